The van der Waals surface area contributed by atoms with Gasteiger partial charge >= 0.3 is 0 Å². The maximum atomic E-state index is 10.7. The molecule has 0 fully saturated rings. The summed E-state index contributed by atoms with van der Waals surface area (Å²) in [5, 5.41) is 20.1. The molecule has 0 aromatic heterocycles. The molecule has 0 heterocycles. The lowest BCUT2D eigenvalue weighted by Crippen LogP contribution is -1.93. The number of non-ortho nitro benzene ring substituents is 1. The second-order valence-corrected chi connectivity index (χ2v) is 5.67. The molecule has 2 rings (SSSR count). The number of aliphatic hydroxyl groups excluding tert-OH is 1. The summed E-state index contributed by atoms with van der Waals surface area (Å²) in [6.07, 6.45) is 0. The Kier molecular flexibility index (Phi) is 4.42. The third kappa shape index (κ3) is 3.18. The van der Waals surface area contributed by atoms with Gasteiger partial charge in [-0.25, -0.2) is 0 Å². The van der Waals surface area contributed by atoms with Gasteiger partial charge < -0.3 is 5.11 Å². The van der Waals surface area contributed by atoms with Gasteiger partial charge in [-0.2, -0.15) is 0 Å². The number of aryl methyl sites for hydroxylation is 2. The van der Waals surface area contributed by atoms with Crippen LogP contribution in [0.2, 0.25) is 0 Å². The van der Waals surface area contributed by atoms with Crippen LogP contribution in [0.5, 0.6) is 0 Å². The fraction of sp³-hybridized carbons (Fsp3) is 0.200. The number of hydrogen-bond acceptors (Lipinski definition) is 4. The first-order valence-electron chi connectivity index (χ1n) is 6.14. The number of rotatable bonds is 4. The molecule has 0 aliphatic rings. The molecule has 0 aliphatic carbocycles. The van der Waals surface area contributed by atoms with Crippen LogP contribution >= 0.6 is 11.8 Å². The Bertz CT molecular complexity index is 656. The standard InChI is InChI=1S/C15H15NO3S/c1-10-3-5-14(7-11(10)2)20-15-6-4-13(16(18)19)8-12(15)9-17/h3-8,17H,9H2,1-2H3. The van der Waals surface area contributed by atoms with Crippen molar-refractivity contribution in [3.8, 4) is 0 Å². The SMILES string of the molecule is Cc1ccc(Sc2ccc([N+](=O)[O-])cc2CO)cc1C. The van der Waals surface area contributed by atoms with E-state index in [1.54, 1.807) is 6.07 Å². The molecular weight excluding hydrogens is 274 g/mol. The molecule has 1 N–H and O–H groups in total. The fourth-order valence-electron chi connectivity index (χ4n) is 1.81. The van der Waals surface area contributed by atoms with E-state index in [1.165, 1.54) is 35.0 Å². The largest absolute Gasteiger partial charge is 0.392 e. The molecule has 0 amide bonds. The van der Waals surface area contributed by atoms with Gasteiger partial charge in [0.05, 0.1) is 11.5 Å². The fourth-order valence-corrected chi connectivity index (χ4v) is 2.82. The Labute approximate surface area is 121 Å². The van der Waals surface area contributed by atoms with E-state index >= 15 is 0 Å². The summed E-state index contributed by atoms with van der Waals surface area (Å²) in [5.74, 6) is 0. The van der Waals surface area contributed by atoms with E-state index in [0.29, 0.717) is 5.56 Å². The number of aliphatic hydroxyl groups is 1. The minimum atomic E-state index is -0.455. The van der Waals surface area contributed by atoms with Gasteiger partial charge in [-0.05, 0) is 48.7 Å². The molecular formula is C15H15NO3S. The van der Waals surface area contributed by atoms with Crippen molar-refractivity contribution in [3.05, 3.63) is 63.2 Å². The highest BCUT2D eigenvalue weighted by molar-refractivity contribution is 7.99. The lowest BCUT2D eigenvalue weighted by atomic mass is 10.1. The Morgan fingerprint density at radius 1 is 1.15 bits per heavy atom. The maximum Gasteiger partial charge on any atom is 0.269 e. The Balaban J connectivity index is 2.32. The minimum Gasteiger partial charge on any atom is -0.392 e. The summed E-state index contributed by atoms with van der Waals surface area (Å²) in [4.78, 5) is 12.2. The van der Waals surface area contributed by atoms with Crippen LogP contribution < -0.4 is 0 Å². The van der Waals surface area contributed by atoms with Gasteiger partial charge in [-0.3, -0.25) is 10.1 Å². The van der Waals surface area contributed by atoms with Crippen molar-refractivity contribution >= 4 is 17.4 Å². The molecule has 2 aromatic rings. The third-order valence-corrected chi connectivity index (χ3v) is 4.24. The van der Waals surface area contributed by atoms with Gasteiger partial charge in [0.2, 0.25) is 0 Å². The van der Waals surface area contributed by atoms with E-state index < -0.39 is 4.92 Å². The number of nitrogens with zero attached hydrogens (tertiary/aromatic N) is 1. The van der Waals surface area contributed by atoms with Crippen molar-refractivity contribution in [1.82, 2.24) is 0 Å². The van der Waals surface area contributed by atoms with E-state index in [9.17, 15) is 15.2 Å². The molecule has 20 heavy (non-hydrogen) atoms. The molecule has 0 unspecified atom stereocenters. The molecule has 0 atom stereocenters. The Hall–Kier alpha value is -1.85. The quantitative estimate of drug-likeness (QED) is 0.686. The topological polar surface area (TPSA) is 63.4 Å². The van der Waals surface area contributed by atoms with Crippen LogP contribution in [0.4, 0.5) is 5.69 Å². The number of nitro groups is 1. The predicted molar refractivity (Wildman–Crippen MR) is 79.1 cm³/mol. The molecule has 0 saturated heterocycles. The van der Waals surface area contributed by atoms with Crippen LogP contribution in [0.3, 0.4) is 0 Å². The monoisotopic (exact) mass is 289 g/mol. The molecule has 0 saturated carbocycles. The van der Waals surface area contributed by atoms with Crippen molar-refractivity contribution in [2.75, 3.05) is 0 Å². The van der Waals surface area contributed by atoms with Crippen LogP contribution in [0, 0.1) is 24.0 Å². The van der Waals surface area contributed by atoms with E-state index in [1.807, 2.05) is 19.1 Å². The highest BCUT2D eigenvalue weighted by Crippen LogP contribution is 2.33. The van der Waals surface area contributed by atoms with Crippen molar-refractivity contribution in [1.29, 1.82) is 0 Å². The average molecular weight is 289 g/mol. The molecule has 0 radical (unpaired) electrons. The summed E-state index contributed by atoms with van der Waals surface area (Å²) in [5.41, 5.74) is 2.99. The highest BCUT2D eigenvalue weighted by Gasteiger charge is 2.11. The number of benzene rings is 2. The molecule has 5 heteroatoms. The van der Waals surface area contributed by atoms with Gasteiger partial charge in [-0.15, -0.1) is 0 Å². The first-order chi connectivity index (χ1) is 9.51. The maximum absolute atomic E-state index is 10.7. The summed E-state index contributed by atoms with van der Waals surface area (Å²) < 4.78 is 0. The van der Waals surface area contributed by atoms with E-state index in [2.05, 4.69) is 13.0 Å². The summed E-state index contributed by atoms with van der Waals surface area (Å²) >= 11 is 1.50. The van der Waals surface area contributed by atoms with Crippen molar-refractivity contribution < 1.29 is 10.0 Å². The van der Waals surface area contributed by atoms with Gasteiger partial charge in [0, 0.05) is 21.9 Å². The zero-order chi connectivity index (χ0) is 14.7. The summed E-state index contributed by atoms with van der Waals surface area (Å²) in [6, 6.07) is 10.7. The van der Waals surface area contributed by atoms with Gasteiger partial charge in [0.15, 0.2) is 0 Å². The second-order valence-electron chi connectivity index (χ2n) is 4.56. The van der Waals surface area contributed by atoms with Gasteiger partial charge in [0.25, 0.3) is 5.69 Å². The first kappa shape index (κ1) is 14.6. The Morgan fingerprint density at radius 2 is 1.90 bits per heavy atom. The average Bonchev–Trinajstić information content (AvgIpc) is 2.43. The minimum absolute atomic E-state index is 0.00140. The molecule has 104 valence electrons. The lowest BCUT2D eigenvalue weighted by molar-refractivity contribution is -0.385. The van der Waals surface area contributed by atoms with E-state index in [0.717, 1.165) is 9.79 Å². The highest BCUT2D eigenvalue weighted by atomic mass is 32.2. The summed E-state index contributed by atoms with van der Waals surface area (Å²) in [7, 11) is 0. The lowest BCUT2D eigenvalue weighted by Gasteiger charge is -2.08. The molecule has 0 bridgehead atoms. The van der Waals surface area contributed by atoms with Crippen LogP contribution in [0.25, 0.3) is 0 Å². The van der Waals surface area contributed by atoms with Crippen molar-refractivity contribution in [2.24, 2.45) is 0 Å². The van der Waals surface area contributed by atoms with Crippen molar-refractivity contribution in [2.45, 2.75) is 30.2 Å². The third-order valence-electron chi connectivity index (χ3n) is 3.13. The van der Waals surface area contributed by atoms with Gasteiger partial charge in [0.1, 0.15) is 0 Å². The van der Waals surface area contributed by atoms with Crippen LogP contribution in [-0.4, -0.2) is 10.0 Å². The van der Waals surface area contributed by atoms with Crippen LogP contribution in [-0.2, 0) is 6.61 Å². The smallest absolute Gasteiger partial charge is 0.269 e. The number of hydrogen-bond donors (Lipinski definition) is 1. The zero-order valence-corrected chi connectivity index (χ0v) is 12.1. The van der Waals surface area contributed by atoms with Crippen molar-refractivity contribution in [3.63, 3.8) is 0 Å². The van der Waals surface area contributed by atoms with Gasteiger partial charge in [-0.1, -0.05) is 17.8 Å². The number of nitro benzene ring substituents is 1. The first-order valence-corrected chi connectivity index (χ1v) is 6.96. The van der Waals surface area contributed by atoms with Crippen LogP contribution in [0.15, 0.2) is 46.2 Å². The molecule has 2 aromatic carbocycles. The molecule has 0 aliphatic heterocycles. The van der Waals surface area contributed by atoms with Crippen LogP contribution in [0.1, 0.15) is 16.7 Å². The molecule has 4 nitrogen and oxygen atoms in total. The summed E-state index contributed by atoms with van der Waals surface area (Å²) in [6.45, 7) is 3.88. The second kappa shape index (κ2) is 6.07. The normalized spacial score (nSPS) is 10.6. The Morgan fingerprint density at radius 3 is 2.50 bits per heavy atom. The van der Waals surface area contributed by atoms with E-state index in [-0.39, 0.29) is 12.3 Å². The van der Waals surface area contributed by atoms with E-state index in [4.69, 9.17) is 0 Å². The predicted octanol–water partition coefficient (Wildman–Crippen LogP) is 3.86. The zero-order valence-electron chi connectivity index (χ0n) is 11.3. The molecule has 0 spiro atoms.